The Balaban J connectivity index is 1.37. The van der Waals surface area contributed by atoms with Crippen LogP contribution in [0, 0.1) is 0 Å². The Labute approximate surface area is 231 Å². The van der Waals surface area contributed by atoms with Gasteiger partial charge in [0.15, 0.2) is 11.6 Å². The van der Waals surface area contributed by atoms with Gasteiger partial charge in [0.2, 0.25) is 0 Å². The van der Waals surface area contributed by atoms with E-state index >= 15 is 0 Å². The first-order chi connectivity index (χ1) is 18.4. The van der Waals surface area contributed by atoms with Crippen molar-refractivity contribution in [3.8, 4) is 5.75 Å². The van der Waals surface area contributed by atoms with Gasteiger partial charge in [-0.1, -0.05) is 29.8 Å². The fraction of sp³-hybridized carbons (Fsp3) is 0.250. The number of likely N-dealkylation sites (tertiary alicyclic amines) is 1. The Morgan fingerprint density at radius 3 is 2.53 bits per heavy atom. The molecule has 1 unspecified atom stereocenters. The summed E-state index contributed by atoms with van der Waals surface area (Å²) >= 11 is 7.81. The van der Waals surface area contributed by atoms with E-state index in [4.69, 9.17) is 26.3 Å². The molecule has 1 atom stereocenters. The molecular formula is C28H29ClN6O2S. The lowest BCUT2D eigenvalue weighted by Crippen LogP contribution is -2.34. The molecule has 196 valence electrons. The van der Waals surface area contributed by atoms with Gasteiger partial charge in [0, 0.05) is 35.7 Å². The van der Waals surface area contributed by atoms with E-state index in [1.807, 2.05) is 59.5 Å². The summed E-state index contributed by atoms with van der Waals surface area (Å²) in [5.41, 5.74) is 2.82. The van der Waals surface area contributed by atoms with Crippen LogP contribution in [0.2, 0.25) is 5.02 Å². The number of amides is 1. The number of hydrogen-bond donors (Lipinski definition) is 2. The molecule has 2 N–H and O–H groups in total. The number of rotatable bonds is 8. The molecule has 1 aliphatic heterocycles. The molecule has 1 amide bonds. The van der Waals surface area contributed by atoms with Crippen molar-refractivity contribution >= 4 is 57.8 Å². The largest absolute Gasteiger partial charge is 0.497 e. The maximum atomic E-state index is 13.2. The minimum Gasteiger partial charge on any atom is -0.497 e. The molecule has 0 aliphatic carbocycles. The lowest BCUT2D eigenvalue weighted by Gasteiger charge is -2.20. The lowest BCUT2D eigenvalue weighted by molar-refractivity contribution is 0.0783. The topological polar surface area (TPSA) is 82.6 Å². The van der Waals surface area contributed by atoms with E-state index in [2.05, 4.69) is 29.0 Å². The van der Waals surface area contributed by atoms with Crippen molar-refractivity contribution in [1.29, 1.82) is 0 Å². The van der Waals surface area contributed by atoms with Crippen molar-refractivity contribution in [3.05, 3.63) is 77.3 Å². The molecule has 8 nitrogen and oxygen atoms in total. The number of likely N-dealkylation sites (N-methyl/N-ethyl adjacent to an activating group) is 1. The zero-order valence-corrected chi connectivity index (χ0v) is 23.0. The van der Waals surface area contributed by atoms with E-state index in [1.165, 1.54) is 11.9 Å². The van der Waals surface area contributed by atoms with Gasteiger partial charge < -0.3 is 24.6 Å². The van der Waals surface area contributed by atoms with Gasteiger partial charge in [-0.15, -0.1) is 0 Å². The second-order valence-corrected chi connectivity index (χ2v) is 10.6. The Morgan fingerprint density at radius 2 is 1.82 bits per heavy atom. The molecule has 1 fully saturated rings. The highest BCUT2D eigenvalue weighted by Gasteiger charge is 2.28. The molecule has 1 aromatic heterocycles. The number of aromatic nitrogens is 2. The predicted octanol–water partition coefficient (Wildman–Crippen LogP) is 5.93. The average Bonchev–Trinajstić information content (AvgIpc) is 3.44. The van der Waals surface area contributed by atoms with Crippen LogP contribution in [0.3, 0.4) is 0 Å². The highest BCUT2D eigenvalue weighted by atomic mass is 35.5. The van der Waals surface area contributed by atoms with Crippen LogP contribution in [-0.4, -0.2) is 66.0 Å². The molecule has 1 aliphatic rings. The third-order valence-corrected chi connectivity index (χ3v) is 7.64. The van der Waals surface area contributed by atoms with Crippen molar-refractivity contribution in [1.82, 2.24) is 19.8 Å². The van der Waals surface area contributed by atoms with Gasteiger partial charge in [-0.3, -0.25) is 4.79 Å². The van der Waals surface area contributed by atoms with Crippen LogP contribution >= 0.6 is 23.5 Å². The molecule has 0 spiro atoms. The van der Waals surface area contributed by atoms with Gasteiger partial charge >= 0.3 is 0 Å². The number of anilines is 3. The molecular weight excluding hydrogens is 520 g/mol. The van der Waals surface area contributed by atoms with Crippen LogP contribution in [0.1, 0.15) is 16.8 Å². The standard InChI is InChI=1S/C28H29ClN6O2S/c1-34(2)19-13-14-35(17-19)28(36)18-7-6-8-21(15-18)38-33-27-26(30-23-9-4-5-10-24(23)31-27)32-25-16-20(37-3)11-12-22(25)29/h4-12,15-16,19H,13-14,17H2,1-3H3,(H,30,32)(H,31,33). The van der Waals surface area contributed by atoms with Crippen LogP contribution in [0.25, 0.3) is 11.0 Å². The maximum absolute atomic E-state index is 13.2. The third kappa shape index (κ3) is 5.80. The summed E-state index contributed by atoms with van der Waals surface area (Å²) in [6, 6.07) is 21.1. The average molecular weight is 549 g/mol. The van der Waals surface area contributed by atoms with Gasteiger partial charge in [-0.25, -0.2) is 9.97 Å². The number of methoxy groups -OCH3 is 1. The van der Waals surface area contributed by atoms with Crippen LogP contribution in [-0.2, 0) is 0 Å². The van der Waals surface area contributed by atoms with Crippen molar-refractivity contribution in [3.63, 3.8) is 0 Å². The molecule has 38 heavy (non-hydrogen) atoms. The number of ether oxygens (including phenoxy) is 1. The zero-order chi connectivity index (χ0) is 26.6. The molecule has 0 radical (unpaired) electrons. The zero-order valence-electron chi connectivity index (χ0n) is 21.4. The Kier molecular flexibility index (Phi) is 7.87. The van der Waals surface area contributed by atoms with E-state index in [9.17, 15) is 4.79 Å². The number of para-hydroxylation sites is 2. The minimum absolute atomic E-state index is 0.0531. The van der Waals surface area contributed by atoms with Gasteiger partial charge in [0.25, 0.3) is 5.91 Å². The van der Waals surface area contributed by atoms with Gasteiger partial charge in [-0.2, -0.15) is 0 Å². The first-order valence-electron chi connectivity index (χ1n) is 12.3. The van der Waals surface area contributed by atoms with Crippen molar-refractivity contribution in [2.45, 2.75) is 17.4 Å². The lowest BCUT2D eigenvalue weighted by atomic mass is 10.2. The predicted molar refractivity (Wildman–Crippen MR) is 155 cm³/mol. The Hall–Kier alpha value is -3.53. The number of carbonyl (C=O) groups is 1. The van der Waals surface area contributed by atoms with Gasteiger partial charge in [0.05, 0.1) is 28.9 Å². The van der Waals surface area contributed by atoms with Crippen molar-refractivity contribution < 1.29 is 9.53 Å². The summed E-state index contributed by atoms with van der Waals surface area (Å²) in [4.78, 5) is 27.7. The molecule has 1 saturated heterocycles. The van der Waals surface area contributed by atoms with E-state index in [0.717, 1.165) is 35.4 Å². The van der Waals surface area contributed by atoms with Crippen LogP contribution in [0.5, 0.6) is 5.75 Å². The number of carbonyl (C=O) groups excluding carboxylic acids is 1. The molecule has 4 aromatic rings. The fourth-order valence-corrected chi connectivity index (χ4v) is 5.20. The highest BCUT2D eigenvalue weighted by molar-refractivity contribution is 8.00. The molecule has 3 aromatic carbocycles. The van der Waals surface area contributed by atoms with Crippen molar-refractivity contribution in [2.75, 3.05) is 44.3 Å². The molecule has 5 rings (SSSR count). The SMILES string of the molecule is COc1ccc(Cl)c(Nc2nc3ccccc3nc2NSc2cccc(C(=O)N3CCC(N(C)C)C3)c2)c1. The Morgan fingerprint density at radius 1 is 1.05 bits per heavy atom. The van der Waals surface area contributed by atoms with Crippen LogP contribution < -0.4 is 14.8 Å². The quantitative estimate of drug-likeness (QED) is 0.262. The monoisotopic (exact) mass is 548 g/mol. The molecule has 2 heterocycles. The number of nitrogens with one attached hydrogen (secondary N) is 2. The number of nitrogens with zero attached hydrogens (tertiary/aromatic N) is 4. The highest BCUT2D eigenvalue weighted by Crippen LogP contribution is 2.33. The maximum Gasteiger partial charge on any atom is 0.253 e. The van der Waals surface area contributed by atoms with Gasteiger partial charge in [0.1, 0.15) is 5.75 Å². The summed E-state index contributed by atoms with van der Waals surface area (Å²) in [6.07, 6.45) is 0.989. The van der Waals surface area contributed by atoms with Gasteiger partial charge in [-0.05, 0) is 74.9 Å². The fourth-order valence-electron chi connectivity index (χ4n) is 4.34. The number of benzene rings is 3. The summed E-state index contributed by atoms with van der Waals surface area (Å²) < 4.78 is 8.67. The third-order valence-electron chi connectivity index (χ3n) is 6.52. The normalized spacial score (nSPS) is 15.2. The Bertz CT molecular complexity index is 1470. The first kappa shape index (κ1) is 26.1. The minimum atomic E-state index is 0.0531. The first-order valence-corrected chi connectivity index (χ1v) is 13.5. The summed E-state index contributed by atoms with van der Waals surface area (Å²) in [5, 5.41) is 3.83. The molecule has 10 heteroatoms. The van der Waals surface area contributed by atoms with Crippen LogP contribution in [0.4, 0.5) is 17.3 Å². The second-order valence-electron chi connectivity index (χ2n) is 9.27. The summed E-state index contributed by atoms with van der Waals surface area (Å²) in [7, 11) is 5.72. The van der Waals surface area contributed by atoms with Crippen LogP contribution in [0.15, 0.2) is 71.6 Å². The number of halogens is 1. The number of hydrogen-bond acceptors (Lipinski definition) is 8. The van der Waals surface area contributed by atoms with E-state index < -0.39 is 0 Å². The second kappa shape index (κ2) is 11.5. The molecule has 0 bridgehead atoms. The molecule has 0 saturated carbocycles. The van der Waals surface area contributed by atoms with E-state index in [1.54, 1.807) is 19.2 Å². The van der Waals surface area contributed by atoms with Crippen molar-refractivity contribution in [2.24, 2.45) is 0 Å². The summed E-state index contributed by atoms with van der Waals surface area (Å²) in [5.74, 6) is 1.78. The number of fused-ring (bicyclic) bond motifs is 1. The van der Waals surface area contributed by atoms with E-state index in [0.29, 0.717) is 39.7 Å². The smallest absolute Gasteiger partial charge is 0.253 e. The summed E-state index contributed by atoms with van der Waals surface area (Å²) in [6.45, 7) is 1.52. The van der Waals surface area contributed by atoms with E-state index in [-0.39, 0.29) is 5.91 Å².